The molecule has 0 aromatic heterocycles. The van der Waals surface area contributed by atoms with Crippen molar-refractivity contribution in [1.82, 2.24) is 0 Å². The molecule has 1 aromatic carbocycles. The van der Waals surface area contributed by atoms with Gasteiger partial charge in [-0.15, -0.1) is 0 Å². The lowest BCUT2D eigenvalue weighted by Gasteiger charge is -2.32. The maximum absolute atomic E-state index is 10.3. The van der Waals surface area contributed by atoms with Crippen molar-refractivity contribution in [3.05, 3.63) is 35.4 Å². The van der Waals surface area contributed by atoms with E-state index in [1.807, 2.05) is 6.07 Å². The first kappa shape index (κ1) is 24.1. The van der Waals surface area contributed by atoms with Gasteiger partial charge in [0.15, 0.2) is 24.1 Å². The Morgan fingerprint density at radius 2 is 1.58 bits per heavy atom. The molecule has 1 aliphatic carbocycles. The van der Waals surface area contributed by atoms with Crippen LogP contribution in [-0.2, 0) is 9.47 Å². The fraction of sp³-hybridized carbons (Fsp3) is 0.625. The molecule has 9 heteroatoms. The van der Waals surface area contributed by atoms with Gasteiger partial charge < -0.3 is 39.4 Å². The largest absolute Gasteiger partial charge is 0.461 e. The lowest BCUT2D eigenvalue weighted by Crippen LogP contribution is -2.48. The number of aliphatic imine (C=N–C) groups is 1. The highest BCUT2D eigenvalue weighted by Gasteiger charge is 2.36. The van der Waals surface area contributed by atoms with Crippen LogP contribution in [-0.4, -0.2) is 83.4 Å². The second kappa shape index (κ2) is 11.4. The van der Waals surface area contributed by atoms with E-state index >= 15 is 0 Å². The second-order valence-corrected chi connectivity index (χ2v) is 8.63. The van der Waals surface area contributed by atoms with Gasteiger partial charge in [0.2, 0.25) is 0 Å². The summed E-state index contributed by atoms with van der Waals surface area (Å²) in [4.78, 5) is 4.36. The van der Waals surface area contributed by atoms with Crippen LogP contribution >= 0.6 is 0 Å². The molecule has 3 aliphatic rings. The van der Waals surface area contributed by atoms with Gasteiger partial charge in [-0.25, -0.2) is 0 Å². The number of rotatable bonds is 7. The Hall–Kier alpha value is -2.01. The number of aliphatic hydroxyl groups is 4. The summed E-state index contributed by atoms with van der Waals surface area (Å²) < 4.78 is 23.6. The van der Waals surface area contributed by atoms with Crippen molar-refractivity contribution < 1.29 is 39.4 Å². The zero-order valence-electron chi connectivity index (χ0n) is 18.6. The van der Waals surface area contributed by atoms with Gasteiger partial charge >= 0.3 is 0 Å². The van der Waals surface area contributed by atoms with E-state index in [9.17, 15) is 20.4 Å². The Kier molecular flexibility index (Phi) is 8.34. The van der Waals surface area contributed by atoms with E-state index in [0.29, 0.717) is 30.3 Å². The molecular formula is C24H33NO8. The van der Waals surface area contributed by atoms with Gasteiger partial charge in [-0.2, -0.15) is 0 Å². The lowest BCUT2D eigenvalue weighted by atomic mass is 9.88. The molecular weight excluding hydrogens is 430 g/mol. The summed E-state index contributed by atoms with van der Waals surface area (Å²) in [5.41, 5.74) is 0.925. The molecule has 2 fully saturated rings. The van der Waals surface area contributed by atoms with Crippen LogP contribution < -0.4 is 9.47 Å². The maximum Gasteiger partial charge on any atom is 0.200 e. The number of benzene rings is 1. The summed E-state index contributed by atoms with van der Waals surface area (Å²) in [6, 6.07) is 4.59. The molecule has 4 N–H and O–H groups in total. The van der Waals surface area contributed by atoms with Crippen LogP contribution in [0.2, 0.25) is 0 Å². The van der Waals surface area contributed by atoms with Crippen molar-refractivity contribution in [2.75, 3.05) is 19.8 Å². The van der Waals surface area contributed by atoms with Gasteiger partial charge in [-0.1, -0.05) is 6.08 Å². The molecule has 6 atom stereocenters. The highest BCUT2D eigenvalue weighted by Crippen LogP contribution is 2.33. The zero-order chi connectivity index (χ0) is 23.2. The molecule has 9 nitrogen and oxygen atoms in total. The van der Waals surface area contributed by atoms with Crippen molar-refractivity contribution >= 4 is 6.21 Å². The smallest absolute Gasteiger partial charge is 0.200 e. The van der Waals surface area contributed by atoms with Crippen molar-refractivity contribution in [2.45, 2.75) is 75.5 Å². The van der Waals surface area contributed by atoms with Crippen molar-refractivity contribution in [2.24, 2.45) is 4.99 Å². The normalized spacial score (nSPS) is 33.0. The molecule has 2 saturated heterocycles. The van der Waals surface area contributed by atoms with Crippen LogP contribution in [0.1, 0.15) is 44.1 Å². The molecule has 0 saturated carbocycles. The summed E-state index contributed by atoms with van der Waals surface area (Å²) in [5.74, 6) is 1.08. The van der Waals surface area contributed by atoms with Crippen molar-refractivity contribution in [1.29, 1.82) is 0 Å². The van der Waals surface area contributed by atoms with E-state index in [2.05, 4.69) is 4.99 Å². The van der Waals surface area contributed by atoms with Gasteiger partial charge in [0.1, 0.15) is 18.3 Å². The summed E-state index contributed by atoms with van der Waals surface area (Å²) in [6.07, 6.45) is 4.06. The number of aliphatic hydroxyl groups excluding tert-OH is 4. The SMILES string of the molecule is OCC1=CC(N=Cc2ccc(OC3CCCCO3)c(OC3CCCCO3)c2)C(O)[C@@H](O)C1O. The highest BCUT2D eigenvalue weighted by atomic mass is 16.7. The predicted molar refractivity (Wildman–Crippen MR) is 119 cm³/mol. The van der Waals surface area contributed by atoms with Crippen LogP contribution in [0.5, 0.6) is 11.5 Å². The first-order chi connectivity index (χ1) is 16.0. The Balaban J connectivity index is 1.53. The van der Waals surface area contributed by atoms with Gasteiger partial charge in [-0.3, -0.25) is 4.99 Å². The average molecular weight is 464 g/mol. The fourth-order valence-corrected chi connectivity index (χ4v) is 4.16. The molecule has 1 aromatic rings. The van der Waals surface area contributed by atoms with E-state index in [1.54, 1.807) is 18.3 Å². The minimum atomic E-state index is -1.42. The van der Waals surface area contributed by atoms with Crippen LogP contribution in [0.15, 0.2) is 34.8 Å². The second-order valence-electron chi connectivity index (χ2n) is 8.63. The summed E-state index contributed by atoms with van der Waals surface area (Å²) >= 11 is 0. The third kappa shape index (κ3) is 6.11. The average Bonchev–Trinajstić information content (AvgIpc) is 2.85. The molecule has 33 heavy (non-hydrogen) atoms. The quantitative estimate of drug-likeness (QED) is 0.352. The van der Waals surface area contributed by atoms with Crippen molar-refractivity contribution in [3.8, 4) is 11.5 Å². The lowest BCUT2D eigenvalue weighted by molar-refractivity contribution is -0.119. The minimum absolute atomic E-state index is 0.227. The monoisotopic (exact) mass is 463 g/mol. The Morgan fingerprint density at radius 1 is 0.909 bits per heavy atom. The Morgan fingerprint density at radius 3 is 2.18 bits per heavy atom. The molecule has 5 unspecified atom stereocenters. The molecule has 0 spiro atoms. The summed E-state index contributed by atoms with van der Waals surface area (Å²) in [6.45, 7) is 0.900. The molecule has 2 heterocycles. The molecule has 0 bridgehead atoms. The molecule has 2 aliphatic heterocycles. The topological polar surface area (TPSA) is 130 Å². The van der Waals surface area contributed by atoms with Gasteiger partial charge in [0.05, 0.1) is 25.9 Å². The van der Waals surface area contributed by atoms with Crippen LogP contribution in [0.3, 0.4) is 0 Å². The summed E-state index contributed by atoms with van der Waals surface area (Å²) in [5, 5.41) is 39.6. The Labute approximate surface area is 193 Å². The van der Waals surface area contributed by atoms with E-state index in [4.69, 9.17) is 18.9 Å². The minimum Gasteiger partial charge on any atom is -0.461 e. The predicted octanol–water partition coefficient (Wildman–Crippen LogP) is 1.30. The Bertz CT molecular complexity index is 832. The van der Waals surface area contributed by atoms with Crippen LogP contribution in [0.4, 0.5) is 0 Å². The van der Waals surface area contributed by atoms with Gasteiger partial charge in [0, 0.05) is 19.1 Å². The number of hydrogen-bond acceptors (Lipinski definition) is 9. The first-order valence-corrected chi connectivity index (χ1v) is 11.6. The van der Waals surface area contributed by atoms with Crippen molar-refractivity contribution in [3.63, 3.8) is 0 Å². The van der Waals surface area contributed by atoms with E-state index in [0.717, 1.165) is 38.5 Å². The zero-order valence-corrected chi connectivity index (χ0v) is 18.6. The molecule has 4 rings (SSSR count). The number of nitrogens with zero attached hydrogens (tertiary/aromatic N) is 1. The standard InChI is InChI=1S/C24H33NO8/c26-14-16-12-17(23(28)24(29)22(16)27)25-13-15-7-8-18(32-20-5-1-3-9-30-20)19(11-15)33-21-6-2-4-10-31-21/h7-8,11-13,17,20-24,26-29H,1-6,9-10,14H2/t17?,20?,21?,22?,23?,24-/m0/s1. The van der Waals surface area contributed by atoms with Gasteiger partial charge in [-0.05, 0) is 55.0 Å². The number of ether oxygens (including phenoxy) is 4. The maximum atomic E-state index is 10.3. The fourth-order valence-electron chi connectivity index (χ4n) is 4.16. The van der Waals surface area contributed by atoms with Crippen LogP contribution in [0, 0.1) is 0 Å². The summed E-state index contributed by atoms with van der Waals surface area (Å²) in [7, 11) is 0. The molecule has 0 radical (unpaired) electrons. The van der Waals surface area contributed by atoms with Crippen LogP contribution in [0.25, 0.3) is 0 Å². The third-order valence-corrected chi connectivity index (χ3v) is 6.13. The molecule has 0 amide bonds. The highest BCUT2D eigenvalue weighted by molar-refractivity contribution is 5.81. The van der Waals surface area contributed by atoms with E-state index < -0.39 is 31.0 Å². The first-order valence-electron chi connectivity index (χ1n) is 11.6. The third-order valence-electron chi connectivity index (χ3n) is 6.13. The number of hydrogen-bond donors (Lipinski definition) is 4. The van der Waals surface area contributed by atoms with E-state index in [-0.39, 0.29) is 18.2 Å². The molecule has 182 valence electrons. The van der Waals surface area contributed by atoms with Gasteiger partial charge in [0.25, 0.3) is 0 Å². The van der Waals surface area contributed by atoms with E-state index in [1.165, 1.54) is 6.08 Å².